The Morgan fingerprint density at radius 3 is 2.41 bits per heavy atom. The van der Waals surface area contributed by atoms with E-state index in [1.165, 1.54) is 19.3 Å². The molecule has 0 bridgehead atoms. The van der Waals surface area contributed by atoms with Gasteiger partial charge in [0.15, 0.2) is 9.84 Å². The Hall–Kier alpha value is -2.22. The van der Waals surface area contributed by atoms with Gasteiger partial charge >= 0.3 is 0 Å². The molecule has 1 aliphatic carbocycles. The van der Waals surface area contributed by atoms with Gasteiger partial charge in [0.2, 0.25) is 0 Å². The molecule has 1 aliphatic heterocycles. The summed E-state index contributed by atoms with van der Waals surface area (Å²) in [5.74, 6) is -0.280. The molecule has 6 nitrogen and oxygen atoms in total. The summed E-state index contributed by atoms with van der Waals surface area (Å²) < 4.78 is 31.0. The minimum absolute atomic E-state index is 0.00799. The Kier molecular flexibility index (Phi) is 7.28. The second kappa shape index (κ2) is 10.1. The zero-order chi connectivity index (χ0) is 22.4. The zero-order valence-corrected chi connectivity index (χ0v) is 19.3. The summed E-state index contributed by atoms with van der Waals surface area (Å²) in [7, 11) is -3.46. The predicted octanol–water partition coefficient (Wildman–Crippen LogP) is 3.43. The molecule has 4 rings (SSSR count). The van der Waals surface area contributed by atoms with E-state index >= 15 is 0 Å². The van der Waals surface area contributed by atoms with Gasteiger partial charge in [-0.1, -0.05) is 49.6 Å². The lowest BCUT2D eigenvalue weighted by molar-refractivity contribution is -0.0361. The van der Waals surface area contributed by atoms with Crippen LogP contribution in [-0.2, 0) is 20.3 Å². The summed E-state index contributed by atoms with van der Waals surface area (Å²) in [5, 5.41) is 3.16. The maximum atomic E-state index is 13.0. The molecule has 2 aliphatic rings. The molecule has 1 saturated heterocycles. The highest BCUT2D eigenvalue weighted by molar-refractivity contribution is 7.90. The van der Waals surface area contributed by atoms with Crippen molar-refractivity contribution in [2.45, 2.75) is 48.3 Å². The fourth-order valence-corrected chi connectivity index (χ4v) is 6.29. The first-order valence-electron chi connectivity index (χ1n) is 11.5. The summed E-state index contributed by atoms with van der Waals surface area (Å²) in [6, 6.07) is 15.4. The van der Waals surface area contributed by atoms with Gasteiger partial charge in [-0.2, -0.15) is 0 Å². The molecular weight excluding hydrogens is 424 g/mol. The number of amides is 1. The van der Waals surface area contributed by atoms with Gasteiger partial charge in [0.1, 0.15) is 0 Å². The average molecular weight is 457 g/mol. The summed E-state index contributed by atoms with van der Waals surface area (Å²) in [4.78, 5) is 15.8. The van der Waals surface area contributed by atoms with Gasteiger partial charge in [0.05, 0.1) is 23.9 Å². The van der Waals surface area contributed by atoms with Gasteiger partial charge in [0.25, 0.3) is 5.91 Å². The van der Waals surface area contributed by atoms with E-state index in [0.717, 1.165) is 39.1 Å². The van der Waals surface area contributed by atoms with E-state index in [1.807, 2.05) is 0 Å². The molecule has 0 aromatic heterocycles. The van der Waals surface area contributed by atoms with Crippen molar-refractivity contribution in [3.8, 4) is 0 Å². The van der Waals surface area contributed by atoms with Crippen LogP contribution in [0.2, 0.25) is 0 Å². The van der Waals surface area contributed by atoms with Crippen molar-refractivity contribution in [3.63, 3.8) is 0 Å². The SMILES string of the molecule is O=C(NCC1(N2CCOCC2)CCCCC1)c1cccc(CS(=O)(=O)c2ccccc2)c1. The third-order valence-corrected chi connectivity index (χ3v) is 8.40. The van der Waals surface area contributed by atoms with Crippen molar-refractivity contribution >= 4 is 15.7 Å². The number of carbonyl (C=O) groups excluding carboxylic acids is 1. The molecule has 2 fully saturated rings. The van der Waals surface area contributed by atoms with Crippen LogP contribution in [0.25, 0.3) is 0 Å². The molecule has 1 saturated carbocycles. The Labute approximate surface area is 190 Å². The molecular formula is C25H32N2O4S. The number of ether oxygens (including phenoxy) is 1. The first-order chi connectivity index (χ1) is 15.5. The van der Waals surface area contributed by atoms with E-state index in [-0.39, 0.29) is 17.2 Å². The van der Waals surface area contributed by atoms with E-state index in [2.05, 4.69) is 10.2 Å². The van der Waals surface area contributed by atoms with E-state index in [9.17, 15) is 13.2 Å². The van der Waals surface area contributed by atoms with E-state index in [4.69, 9.17) is 4.74 Å². The van der Waals surface area contributed by atoms with Crippen LogP contribution < -0.4 is 5.32 Å². The van der Waals surface area contributed by atoms with Gasteiger partial charge in [0, 0.05) is 30.7 Å². The molecule has 172 valence electrons. The Balaban J connectivity index is 1.44. The monoisotopic (exact) mass is 456 g/mol. The minimum Gasteiger partial charge on any atom is -0.379 e. The van der Waals surface area contributed by atoms with Crippen LogP contribution in [0.5, 0.6) is 0 Å². The quantitative estimate of drug-likeness (QED) is 0.691. The van der Waals surface area contributed by atoms with Crippen LogP contribution in [-0.4, -0.2) is 57.6 Å². The highest BCUT2D eigenvalue weighted by Crippen LogP contribution is 2.34. The molecule has 2 aromatic carbocycles. The number of hydrogen-bond donors (Lipinski definition) is 1. The number of benzene rings is 2. The summed E-state index contributed by atoms with van der Waals surface area (Å²) in [5.41, 5.74) is 1.10. The highest BCUT2D eigenvalue weighted by atomic mass is 32.2. The molecule has 1 heterocycles. The van der Waals surface area contributed by atoms with Gasteiger partial charge in [-0.3, -0.25) is 9.69 Å². The van der Waals surface area contributed by atoms with Crippen molar-refractivity contribution < 1.29 is 17.9 Å². The van der Waals surface area contributed by atoms with Gasteiger partial charge in [-0.25, -0.2) is 8.42 Å². The van der Waals surface area contributed by atoms with Crippen LogP contribution in [0.4, 0.5) is 0 Å². The first kappa shape index (κ1) is 23.0. The number of rotatable bonds is 7. The van der Waals surface area contributed by atoms with Crippen LogP contribution in [0.15, 0.2) is 59.5 Å². The first-order valence-corrected chi connectivity index (χ1v) is 13.1. The van der Waals surface area contributed by atoms with Crippen molar-refractivity contribution in [1.82, 2.24) is 10.2 Å². The lowest BCUT2D eigenvalue weighted by Gasteiger charge is -2.48. The Morgan fingerprint density at radius 1 is 0.969 bits per heavy atom. The van der Waals surface area contributed by atoms with Crippen molar-refractivity contribution in [1.29, 1.82) is 0 Å². The largest absolute Gasteiger partial charge is 0.379 e. The van der Waals surface area contributed by atoms with Gasteiger partial charge in [-0.15, -0.1) is 0 Å². The number of sulfone groups is 1. The Bertz CT molecular complexity index is 1010. The number of carbonyl (C=O) groups is 1. The Morgan fingerprint density at radius 2 is 1.69 bits per heavy atom. The summed E-state index contributed by atoms with van der Waals surface area (Å²) >= 11 is 0. The van der Waals surface area contributed by atoms with Crippen molar-refractivity contribution in [2.75, 3.05) is 32.8 Å². The maximum absolute atomic E-state index is 13.0. The van der Waals surface area contributed by atoms with Crippen LogP contribution in [0.1, 0.15) is 48.0 Å². The zero-order valence-electron chi connectivity index (χ0n) is 18.5. The maximum Gasteiger partial charge on any atom is 0.251 e. The summed E-state index contributed by atoms with van der Waals surface area (Å²) in [6.45, 7) is 3.91. The molecule has 0 atom stereocenters. The molecule has 32 heavy (non-hydrogen) atoms. The van der Waals surface area contributed by atoms with Crippen molar-refractivity contribution in [3.05, 3.63) is 65.7 Å². The van der Waals surface area contributed by atoms with Crippen LogP contribution in [0.3, 0.4) is 0 Å². The smallest absolute Gasteiger partial charge is 0.251 e. The molecule has 1 amide bonds. The topological polar surface area (TPSA) is 75.7 Å². The molecule has 0 radical (unpaired) electrons. The van der Waals surface area contributed by atoms with E-state index in [1.54, 1.807) is 54.6 Å². The number of nitrogens with one attached hydrogen (secondary N) is 1. The second-order valence-electron chi connectivity index (χ2n) is 8.84. The second-order valence-corrected chi connectivity index (χ2v) is 10.8. The normalized spacial score (nSPS) is 19.4. The fraction of sp³-hybridized carbons (Fsp3) is 0.480. The molecule has 0 unspecified atom stereocenters. The predicted molar refractivity (Wildman–Crippen MR) is 124 cm³/mol. The van der Waals surface area contributed by atoms with Crippen LogP contribution >= 0.6 is 0 Å². The number of morpholine rings is 1. The average Bonchev–Trinajstić information content (AvgIpc) is 2.84. The molecule has 7 heteroatoms. The fourth-order valence-electron chi connectivity index (χ4n) is 4.93. The minimum atomic E-state index is -3.46. The third-order valence-electron chi connectivity index (χ3n) is 6.69. The third kappa shape index (κ3) is 5.39. The van der Waals surface area contributed by atoms with Crippen LogP contribution in [0, 0.1) is 0 Å². The van der Waals surface area contributed by atoms with Crippen molar-refractivity contribution in [2.24, 2.45) is 0 Å². The lowest BCUT2D eigenvalue weighted by atomic mass is 9.79. The molecule has 1 N–H and O–H groups in total. The van der Waals surface area contributed by atoms with Gasteiger partial charge in [-0.05, 0) is 42.7 Å². The highest BCUT2D eigenvalue weighted by Gasteiger charge is 2.38. The van der Waals surface area contributed by atoms with E-state index < -0.39 is 9.84 Å². The number of nitrogens with zero attached hydrogens (tertiary/aromatic N) is 1. The molecule has 0 spiro atoms. The summed E-state index contributed by atoms with van der Waals surface area (Å²) in [6.07, 6.45) is 5.78. The number of hydrogen-bond acceptors (Lipinski definition) is 5. The molecule has 2 aromatic rings. The lowest BCUT2D eigenvalue weighted by Crippen LogP contribution is -2.59. The standard InChI is InChI=1S/C25H32N2O4S/c28-24(26-20-25(12-5-2-6-13-25)27-14-16-31-17-15-27)22-9-7-8-21(18-22)19-32(29,30)23-10-3-1-4-11-23/h1,3-4,7-11,18H,2,5-6,12-17,19-20H2,(H,26,28). The van der Waals surface area contributed by atoms with E-state index in [0.29, 0.717) is 22.6 Å². The van der Waals surface area contributed by atoms with Gasteiger partial charge < -0.3 is 10.1 Å².